The van der Waals surface area contributed by atoms with E-state index in [0.717, 1.165) is 6.42 Å². The summed E-state index contributed by atoms with van der Waals surface area (Å²) in [6.45, 7) is 7.45. The maximum Gasteiger partial charge on any atom is 0.0556 e. The fourth-order valence-corrected chi connectivity index (χ4v) is 2.01. The zero-order valence-corrected chi connectivity index (χ0v) is 10.5. The minimum Gasteiger partial charge on any atom is -0.395 e. The SMILES string of the molecule is Cc1ccccc1C(CC(C)C)NCCO. The van der Waals surface area contributed by atoms with Gasteiger partial charge in [-0.25, -0.2) is 0 Å². The van der Waals surface area contributed by atoms with Gasteiger partial charge >= 0.3 is 0 Å². The summed E-state index contributed by atoms with van der Waals surface area (Å²) in [4.78, 5) is 0. The zero-order chi connectivity index (χ0) is 12.0. The van der Waals surface area contributed by atoms with Crippen molar-refractivity contribution in [3.05, 3.63) is 35.4 Å². The second-order valence-corrected chi connectivity index (χ2v) is 4.72. The van der Waals surface area contributed by atoms with Gasteiger partial charge in [-0.2, -0.15) is 0 Å². The summed E-state index contributed by atoms with van der Waals surface area (Å²) < 4.78 is 0. The van der Waals surface area contributed by atoms with Crippen molar-refractivity contribution in [3.63, 3.8) is 0 Å². The Morgan fingerprint density at radius 2 is 1.94 bits per heavy atom. The molecular formula is C14H23NO. The number of nitrogens with one attached hydrogen (secondary N) is 1. The Balaban J connectivity index is 2.78. The van der Waals surface area contributed by atoms with Crippen LogP contribution >= 0.6 is 0 Å². The normalized spacial score (nSPS) is 13.1. The maximum absolute atomic E-state index is 8.90. The molecule has 0 saturated carbocycles. The molecular weight excluding hydrogens is 198 g/mol. The first-order chi connectivity index (χ1) is 7.65. The monoisotopic (exact) mass is 221 g/mol. The van der Waals surface area contributed by atoms with Gasteiger partial charge in [0.2, 0.25) is 0 Å². The van der Waals surface area contributed by atoms with E-state index in [2.05, 4.69) is 50.4 Å². The van der Waals surface area contributed by atoms with Crippen molar-refractivity contribution in [1.82, 2.24) is 5.32 Å². The van der Waals surface area contributed by atoms with Crippen molar-refractivity contribution in [2.75, 3.05) is 13.2 Å². The van der Waals surface area contributed by atoms with Crippen LogP contribution < -0.4 is 5.32 Å². The number of aliphatic hydroxyl groups is 1. The summed E-state index contributed by atoms with van der Waals surface area (Å²) in [7, 11) is 0. The van der Waals surface area contributed by atoms with Gasteiger partial charge in [-0.15, -0.1) is 0 Å². The molecule has 1 rings (SSSR count). The third kappa shape index (κ3) is 3.95. The average Bonchev–Trinajstić information content (AvgIpc) is 2.24. The van der Waals surface area contributed by atoms with Gasteiger partial charge in [-0.3, -0.25) is 0 Å². The van der Waals surface area contributed by atoms with E-state index in [1.807, 2.05) is 0 Å². The van der Waals surface area contributed by atoms with E-state index < -0.39 is 0 Å². The van der Waals surface area contributed by atoms with Crippen LogP contribution in [0.15, 0.2) is 24.3 Å². The molecule has 0 radical (unpaired) electrons. The highest BCUT2D eigenvalue weighted by Gasteiger charge is 2.13. The van der Waals surface area contributed by atoms with E-state index in [-0.39, 0.29) is 6.61 Å². The Bertz CT molecular complexity index is 309. The molecule has 0 aliphatic heterocycles. The Kier molecular flexibility index (Phi) is 5.50. The first-order valence-electron chi connectivity index (χ1n) is 6.05. The van der Waals surface area contributed by atoms with Crippen molar-refractivity contribution >= 4 is 0 Å². The number of hydrogen-bond acceptors (Lipinski definition) is 2. The van der Waals surface area contributed by atoms with Gasteiger partial charge in [-0.1, -0.05) is 38.1 Å². The lowest BCUT2D eigenvalue weighted by atomic mass is 9.94. The van der Waals surface area contributed by atoms with Gasteiger partial charge in [-0.05, 0) is 30.4 Å². The maximum atomic E-state index is 8.90. The van der Waals surface area contributed by atoms with Crippen molar-refractivity contribution in [2.45, 2.75) is 33.2 Å². The Morgan fingerprint density at radius 3 is 2.50 bits per heavy atom. The van der Waals surface area contributed by atoms with Gasteiger partial charge in [0.1, 0.15) is 0 Å². The van der Waals surface area contributed by atoms with Crippen LogP contribution in [0.3, 0.4) is 0 Å². The van der Waals surface area contributed by atoms with Gasteiger partial charge in [0.25, 0.3) is 0 Å². The van der Waals surface area contributed by atoms with E-state index in [1.165, 1.54) is 11.1 Å². The largest absolute Gasteiger partial charge is 0.395 e. The van der Waals surface area contributed by atoms with Crippen molar-refractivity contribution in [2.24, 2.45) is 5.92 Å². The number of aryl methyl sites for hydroxylation is 1. The molecule has 0 aliphatic rings. The van der Waals surface area contributed by atoms with E-state index in [4.69, 9.17) is 5.11 Å². The topological polar surface area (TPSA) is 32.3 Å². The molecule has 0 fully saturated rings. The standard InChI is InChI=1S/C14H23NO/c1-11(2)10-14(15-8-9-16)13-7-5-4-6-12(13)3/h4-7,11,14-16H,8-10H2,1-3H3. The average molecular weight is 221 g/mol. The van der Waals surface area contributed by atoms with Crippen LogP contribution in [0.4, 0.5) is 0 Å². The predicted octanol–water partition coefficient (Wildman–Crippen LogP) is 2.66. The summed E-state index contributed by atoms with van der Waals surface area (Å²) in [5, 5.41) is 12.3. The number of rotatable bonds is 6. The Morgan fingerprint density at radius 1 is 1.25 bits per heavy atom. The van der Waals surface area contributed by atoms with Crippen LogP contribution in [0.2, 0.25) is 0 Å². The summed E-state index contributed by atoms with van der Waals surface area (Å²) >= 11 is 0. The van der Waals surface area contributed by atoms with E-state index in [9.17, 15) is 0 Å². The lowest BCUT2D eigenvalue weighted by Gasteiger charge is -2.22. The van der Waals surface area contributed by atoms with Crippen molar-refractivity contribution in [3.8, 4) is 0 Å². The molecule has 2 nitrogen and oxygen atoms in total. The number of benzene rings is 1. The number of aliphatic hydroxyl groups excluding tert-OH is 1. The molecule has 90 valence electrons. The summed E-state index contributed by atoms with van der Waals surface area (Å²) in [6.07, 6.45) is 1.10. The fraction of sp³-hybridized carbons (Fsp3) is 0.571. The van der Waals surface area contributed by atoms with Gasteiger partial charge < -0.3 is 10.4 Å². The first kappa shape index (κ1) is 13.2. The molecule has 0 aliphatic carbocycles. The molecule has 2 N–H and O–H groups in total. The smallest absolute Gasteiger partial charge is 0.0556 e. The Labute approximate surface area is 98.7 Å². The van der Waals surface area contributed by atoms with Crippen LogP contribution in [-0.2, 0) is 0 Å². The molecule has 0 bridgehead atoms. The molecule has 1 aromatic rings. The van der Waals surface area contributed by atoms with Crippen LogP contribution in [0.25, 0.3) is 0 Å². The van der Waals surface area contributed by atoms with Gasteiger partial charge in [0, 0.05) is 12.6 Å². The second-order valence-electron chi connectivity index (χ2n) is 4.72. The van der Waals surface area contributed by atoms with E-state index >= 15 is 0 Å². The number of hydrogen-bond donors (Lipinski definition) is 2. The molecule has 0 spiro atoms. The third-order valence-electron chi connectivity index (χ3n) is 2.77. The lowest BCUT2D eigenvalue weighted by molar-refractivity contribution is 0.278. The fourth-order valence-electron chi connectivity index (χ4n) is 2.01. The van der Waals surface area contributed by atoms with Crippen LogP contribution in [0.1, 0.15) is 37.4 Å². The van der Waals surface area contributed by atoms with E-state index in [1.54, 1.807) is 0 Å². The highest BCUT2D eigenvalue weighted by atomic mass is 16.3. The predicted molar refractivity (Wildman–Crippen MR) is 68.5 cm³/mol. The summed E-state index contributed by atoms with van der Waals surface area (Å²) in [6, 6.07) is 8.82. The van der Waals surface area contributed by atoms with Crippen LogP contribution in [0, 0.1) is 12.8 Å². The quantitative estimate of drug-likeness (QED) is 0.774. The highest BCUT2D eigenvalue weighted by molar-refractivity contribution is 5.28. The molecule has 1 unspecified atom stereocenters. The molecule has 2 heteroatoms. The minimum absolute atomic E-state index is 0.195. The second kappa shape index (κ2) is 6.66. The molecule has 1 aromatic carbocycles. The molecule has 16 heavy (non-hydrogen) atoms. The molecule has 0 amide bonds. The summed E-state index contributed by atoms with van der Waals surface area (Å²) in [5.41, 5.74) is 2.67. The highest BCUT2D eigenvalue weighted by Crippen LogP contribution is 2.23. The van der Waals surface area contributed by atoms with Crippen LogP contribution in [-0.4, -0.2) is 18.3 Å². The first-order valence-corrected chi connectivity index (χ1v) is 6.05. The van der Waals surface area contributed by atoms with Crippen molar-refractivity contribution in [1.29, 1.82) is 0 Å². The summed E-state index contributed by atoms with van der Waals surface area (Å²) in [5.74, 6) is 0.649. The molecule has 0 heterocycles. The zero-order valence-electron chi connectivity index (χ0n) is 10.5. The molecule has 0 aromatic heterocycles. The molecule has 0 saturated heterocycles. The van der Waals surface area contributed by atoms with E-state index in [0.29, 0.717) is 18.5 Å². The minimum atomic E-state index is 0.195. The van der Waals surface area contributed by atoms with Gasteiger partial charge in [0.05, 0.1) is 6.61 Å². The van der Waals surface area contributed by atoms with Gasteiger partial charge in [0.15, 0.2) is 0 Å². The Hall–Kier alpha value is -0.860. The third-order valence-corrected chi connectivity index (χ3v) is 2.77. The lowest BCUT2D eigenvalue weighted by Crippen LogP contribution is -2.26. The molecule has 1 atom stereocenters. The van der Waals surface area contributed by atoms with Crippen LogP contribution in [0.5, 0.6) is 0 Å². The van der Waals surface area contributed by atoms with Crippen molar-refractivity contribution < 1.29 is 5.11 Å².